The zero-order chi connectivity index (χ0) is 9.26. The maximum Gasteiger partial charge on any atom is 0.273 e. The molecule has 72 valence electrons. The highest BCUT2D eigenvalue weighted by molar-refractivity contribution is 7.13. The number of hydrogen-bond donors (Lipinski definition) is 1. The van der Waals surface area contributed by atoms with Crippen LogP contribution in [-0.2, 0) is 4.74 Å². The van der Waals surface area contributed by atoms with Crippen LogP contribution in [0.5, 0.6) is 5.19 Å². The van der Waals surface area contributed by atoms with E-state index in [2.05, 4.69) is 4.98 Å². The fraction of sp³-hybridized carbons (Fsp3) is 0.625. The van der Waals surface area contributed by atoms with Gasteiger partial charge in [0.25, 0.3) is 5.19 Å². The molecule has 1 fully saturated rings. The van der Waals surface area contributed by atoms with Gasteiger partial charge in [-0.05, 0) is 6.42 Å². The van der Waals surface area contributed by atoms with Crippen molar-refractivity contribution < 1.29 is 9.47 Å². The van der Waals surface area contributed by atoms with Gasteiger partial charge in [0.1, 0.15) is 6.10 Å². The Labute approximate surface area is 80.7 Å². The molecule has 2 heterocycles. The van der Waals surface area contributed by atoms with Crippen molar-refractivity contribution in [3.8, 4) is 5.19 Å². The number of aromatic nitrogens is 1. The Morgan fingerprint density at radius 1 is 1.77 bits per heavy atom. The van der Waals surface area contributed by atoms with Crippen LogP contribution in [0.1, 0.15) is 17.4 Å². The monoisotopic (exact) mass is 200 g/mol. The Balaban J connectivity index is 2.15. The smallest absolute Gasteiger partial charge is 0.273 e. The largest absolute Gasteiger partial charge is 0.473 e. The average molecular weight is 200 g/mol. The van der Waals surface area contributed by atoms with Gasteiger partial charge in [0.05, 0.1) is 12.0 Å². The molecule has 1 aliphatic heterocycles. The minimum Gasteiger partial charge on any atom is -0.473 e. The minimum absolute atomic E-state index is 0.0152. The molecule has 2 rings (SSSR count). The second-order valence-electron chi connectivity index (χ2n) is 2.98. The van der Waals surface area contributed by atoms with Crippen LogP contribution in [-0.4, -0.2) is 24.7 Å². The first-order chi connectivity index (χ1) is 6.31. The van der Waals surface area contributed by atoms with Gasteiger partial charge in [-0.15, -0.1) is 0 Å². The van der Waals surface area contributed by atoms with Gasteiger partial charge in [0, 0.05) is 18.8 Å². The summed E-state index contributed by atoms with van der Waals surface area (Å²) in [5.74, 6) is 0. The summed E-state index contributed by atoms with van der Waals surface area (Å²) in [5, 5.41) is 0.665. The predicted octanol–water partition coefficient (Wildman–Crippen LogP) is 0.940. The third kappa shape index (κ3) is 1.67. The standard InChI is InChI=1S/C8H12N2O2S/c1-11-8-10-4-6(13-8)7-5(9)2-3-12-7/h4-5,7H,2-3,9H2,1H3. The van der Waals surface area contributed by atoms with Crippen LogP contribution in [0.4, 0.5) is 0 Å². The number of ether oxygens (including phenoxy) is 2. The normalized spacial score (nSPS) is 27.8. The predicted molar refractivity (Wildman–Crippen MR) is 50.0 cm³/mol. The molecule has 2 atom stereocenters. The maximum atomic E-state index is 5.87. The first-order valence-corrected chi connectivity index (χ1v) is 5.00. The SMILES string of the molecule is COc1ncc(C2OCCC2N)s1. The van der Waals surface area contributed by atoms with Gasteiger partial charge in [-0.2, -0.15) is 0 Å². The Morgan fingerprint density at radius 2 is 2.62 bits per heavy atom. The summed E-state index contributed by atoms with van der Waals surface area (Å²) in [7, 11) is 1.61. The number of methoxy groups -OCH3 is 1. The second-order valence-corrected chi connectivity index (χ2v) is 4.00. The van der Waals surface area contributed by atoms with Crippen molar-refractivity contribution in [1.29, 1.82) is 0 Å². The lowest BCUT2D eigenvalue weighted by molar-refractivity contribution is 0.107. The van der Waals surface area contributed by atoms with Crippen molar-refractivity contribution in [3.63, 3.8) is 0 Å². The van der Waals surface area contributed by atoms with Crippen molar-refractivity contribution >= 4 is 11.3 Å². The number of rotatable bonds is 2. The Kier molecular flexibility index (Phi) is 2.48. The molecule has 2 unspecified atom stereocenters. The lowest BCUT2D eigenvalue weighted by Gasteiger charge is -2.10. The number of nitrogens with zero attached hydrogens (tertiary/aromatic N) is 1. The summed E-state index contributed by atoms with van der Waals surface area (Å²) in [5.41, 5.74) is 5.87. The third-order valence-corrected chi connectivity index (χ3v) is 3.11. The zero-order valence-corrected chi connectivity index (χ0v) is 8.21. The van der Waals surface area contributed by atoms with Gasteiger partial charge in [-0.3, -0.25) is 0 Å². The molecule has 0 bridgehead atoms. The van der Waals surface area contributed by atoms with Crippen LogP contribution in [0, 0.1) is 0 Å². The molecule has 0 saturated carbocycles. The van der Waals surface area contributed by atoms with Crippen molar-refractivity contribution in [2.75, 3.05) is 13.7 Å². The van der Waals surface area contributed by atoms with E-state index in [1.54, 1.807) is 13.3 Å². The molecule has 5 heteroatoms. The summed E-state index contributed by atoms with van der Waals surface area (Å²) in [6.45, 7) is 0.742. The highest BCUT2D eigenvalue weighted by Gasteiger charge is 2.28. The molecule has 1 aromatic rings. The third-order valence-electron chi connectivity index (χ3n) is 2.09. The Bertz CT molecular complexity index is 289. The highest BCUT2D eigenvalue weighted by Crippen LogP contribution is 2.33. The minimum atomic E-state index is 0.0152. The van der Waals surface area contributed by atoms with E-state index in [9.17, 15) is 0 Å². The van der Waals surface area contributed by atoms with E-state index in [1.807, 2.05) is 0 Å². The lowest BCUT2D eigenvalue weighted by Crippen LogP contribution is -2.22. The van der Waals surface area contributed by atoms with E-state index in [0.29, 0.717) is 5.19 Å². The van der Waals surface area contributed by atoms with Crippen LogP contribution >= 0.6 is 11.3 Å². The number of thiazole rings is 1. The summed E-state index contributed by atoms with van der Waals surface area (Å²) in [4.78, 5) is 5.13. The van der Waals surface area contributed by atoms with Crippen molar-refractivity contribution in [2.45, 2.75) is 18.6 Å². The Hall–Kier alpha value is -0.650. The summed E-state index contributed by atoms with van der Waals surface area (Å²) >= 11 is 1.50. The summed E-state index contributed by atoms with van der Waals surface area (Å²) < 4.78 is 10.5. The topological polar surface area (TPSA) is 57.4 Å². The van der Waals surface area contributed by atoms with E-state index in [0.717, 1.165) is 17.9 Å². The van der Waals surface area contributed by atoms with Gasteiger partial charge in [0.2, 0.25) is 0 Å². The number of hydrogen-bond acceptors (Lipinski definition) is 5. The average Bonchev–Trinajstić information content (AvgIpc) is 2.71. The summed E-state index contributed by atoms with van der Waals surface area (Å²) in [6.07, 6.45) is 2.71. The van der Waals surface area contributed by atoms with E-state index in [4.69, 9.17) is 15.2 Å². The van der Waals surface area contributed by atoms with Gasteiger partial charge in [-0.25, -0.2) is 4.98 Å². The highest BCUT2D eigenvalue weighted by atomic mass is 32.1. The molecule has 1 aliphatic rings. The van der Waals surface area contributed by atoms with Crippen molar-refractivity contribution in [2.24, 2.45) is 5.73 Å². The van der Waals surface area contributed by atoms with Gasteiger partial charge in [-0.1, -0.05) is 11.3 Å². The molecule has 1 aromatic heterocycles. The molecule has 0 aromatic carbocycles. The Morgan fingerprint density at radius 3 is 3.15 bits per heavy atom. The van der Waals surface area contributed by atoms with E-state index < -0.39 is 0 Å². The van der Waals surface area contributed by atoms with Gasteiger partial charge >= 0.3 is 0 Å². The molecule has 0 aliphatic carbocycles. The van der Waals surface area contributed by atoms with E-state index in [1.165, 1.54) is 11.3 Å². The molecule has 1 saturated heterocycles. The fourth-order valence-electron chi connectivity index (χ4n) is 1.39. The fourth-order valence-corrected chi connectivity index (χ4v) is 2.25. The maximum absolute atomic E-state index is 5.87. The number of nitrogens with two attached hydrogens (primary N) is 1. The molecule has 0 amide bonds. The summed E-state index contributed by atoms with van der Waals surface area (Å²) in [6, 6.07) is 0.102. The second kappa shape index (κ2) is 3.61. The van der Waals surface area contributed by atoms with Crippen LogP contribution in [0.25, 0.3) is 0 Å². The van der Waals surface area contributed by atoms with Crippen LogP contribution in [0.2, 0.25) is 0 Å². The first kappa shape index (κ1) is 8.93. The molecule has 4 nitrogen and oxygen atoms in total. The van der Waals surface area contributed by atoms with Crippen LogP contribution in [0.15, 0.2) is 6.20 Å². The zero-order valence-electron chi connectivity index (χ0n) is 7.40. The van der Waals surface area contributed by atoms with E-state index >= 15 is 0 Å². The van der Waals surface area contributed by atoms with Gasteiger partial charge < -0.3 is 15.2 Å². The molecular formula is C8H12N2O2S. The molecular weight excluding hydrogens is 188 g/mol. The van der Waals surface area contributed by atoms with Crippen molar-refractivity contribution in [1.82, 2.24) is 4.98 Å². The van der Waals surface area contributed by atoms with E-state index in [-0.39, 0.29) is 12.1 Å². The quantitative estimate of drug-likeness (QED) is 0.772. The van der Waals surface area contributed by atoms with Crippen LogP contribution in [0.3, 0.4) is 0 Å². The van der Waals surface area contributed by atoms with Gasteiger partial charge in [0.15, 0.2) is 0 Å². The molecule has 2 N–H and O–H groups in total. The lowest BCUT2D eigenvalue weighted by atomic mass is 10.1. The van der Waals surface area contributed by atoms with Crippen LogP contribution < -0.4 is 10.5 Å². The molecule has 0 radical (unpaired) electrons. The first-order valence-electron chi connectivity index (χ1n) is 4.18. The van der Waals surface area contributed by atoms with Crippen molar-refractivity contribution in [3.05, 3.63) is 11.1 Å². The molecule has 0 spiro atoms. The molecule has 13 heavy (non-hydrogen) atoms.